The number of pyridine rings is 1. The number of likely N-dealkylation sites (N-methyl/N-ethyl adjacent to an activating group) is 1. The topological polar surface area (TPSA) is 71.7 Å². The maximum absolute atomic E-state index is 12.4. The van der Waals surface area contributed by atoms with E-state index in [1.165, 1.54) is 10.4 Å². The van der Waals surface area contributed by atoms with E-state index in [0.29, 0.717) is 12.4 Å². The van der Waals surface area contributed by atoms with Crippen molar-refractivity contribution in [1.82, 2.24) is 14.8 Å². The van der Waals surface area contributed by atoms with Crippen LogP contribution in [0.3, 0.4) is 0 Å². The zero-order valence-electron chi connectivity index (χ0n) is 15.9. The van der Waals surface area contributed by atoms with Gasteiger partial charge in [-0.2, -0.15) is 0 Å². The van der Waals surface area contributed by atoms with Crippen LogP contribution in [0.5, 0.6) is 0 Å². The van der Waals surface area contributed by atoms with Crippen molar-refractivity contribution >= 4 is 23.1 Å². The Bertz CT molecular complexity index is 840. The molecule has 4 rings (SSSR count). The summed E-state index contributed by atoms with van der Waals surface area (Å²) in [4.78, 5) is 23.3. The molecule has 2 N–H and O–H groups in total. The van der Waals surface area contributed by atoms with Crippen LogP contribution in [0.25, 0.3) is 10.6 Å². The van der Waals surface area contributed by atoms with Gasteiger partial charge in [0.15, 0.2) is 0 Å². The van der Waals surface area contributed by atoms with E-state index >= 15 is 0 Å². The van der Waals surface area contributed by atoms with Gasteiger partial charge in [-0.25, -0.2) is 4.98 Å². The Morgan fingerprint density at radius 2 is 2.15 bits per heavy atom. The summed E-state index contributed by atoms with van der Waals surface area (Å²) in [6.07, 6.45) is 2.63. The summed E-state index contributed by atoms with van der Waals surface area (Å²) >= 11 is 1.79. The molecule has 144 valence electrons. The number of hydrogen-bond acceptors (Lipinski definition) is 6. The molecule has 2 aromatic rings. The predicted octanol–water partition coefficient (Wildman–Crippen LogP) is 2.34. The smallest absolute Gasteiger partial charge is 0.236 e. The van der Waals surface area contributed by atoms with Crippen molar-refractivity contribution in [3.63, 3.8) is 0 Å². The number of anilines is 1. The minimum Gasteiger partial charge on any atom is -0.384 e. The second-order valence-corrected chi connectivity index (χ2v) is 8.74. The third-order valence-corrected chi connectivity index (χ3v) is 6.62. The number of ether oxygens (including phenoxy) is 1. The molecular weight excluding hydrogens is 360 g/mol. The zero-order chi connectivity index (χ0) is 19.0. The Hall–Kier alpha value is -1.96. The summed E-state index contributed by atoms with van der Waals surface area (Å²) < 4.78 is 6.33. The molecule has 0 aliphatic carbocycles. The molecule has 1 fully saturated rings. The summed E-state index contributed by atoms with van der Waals surface area (Å²) in [5.74, 6) is 0.735. The minimum atomic E-state index is -0.266. The minimum absolute atomic E-state index is 0.195. The lowest BCUT2D eigenvalue weighted by Gasteiger charge is -2.44. The van der Waals surface area contributed by atoms with Crippen LogP contribution >= 0.6 is 11.3 Å². The number of amides is 1. The Kier molecular flexibility index (Phi) is 4.92. The number of aromatic nitrogens is 1. The average molecular weight is 387 g/mol. The summed E-state index contributed by atoms with van der Waals surface area (Å²) in [5.41, 5.74) is 7.80. The molecule has 7 heteroatoms. The summed E-state index contributed by atoms with van der Waals surface area (Å²) in [5, 5.41) is 0. The van der Waals surface area contributed by atoms with Gasteiger partial charge in [-0.15, -0.1) is 11.3 Å². The summed E-state index contributed by atoms with van der Waals surface area (Å²) in [6, 6.07) is 7.99. The van der Waals surface area contributed by atoms with E-state index in [2.05, 4.69) is 11.1 Å². The molecule has 2 aromatic heterocycles. The van der Waals surface area contributed by atoms with E-state index in [4.69, 9.17) is 10.5 Å². The number of fused-ring (bicyclic) bond motifs is 2. The number of nitrogen functional groups attached to an aromatic ring is 1. The molecule has 0 unspecified atom stereocenters. The first kappa shape index (κ1) is 18.4. The standard InChI is InChI=1S/C20H26N4O2S/c1-23(2)13-19(25)24-9-7-20(8-10-24)14-12-17(27-16(14)6-11-26-20)15-4-3-5-18(21)22-15/h3-5,12H,6-11,13H2,1-2H3,(H2,21,22). The second kappa shape index (κ2) is 7.22. The molecule has 0 bridgehead atoms. The fraction of sp³-hybridized carbons (Fsp3) is 0.500. The van der Waals surface area contributed by atoms with Gasteiger partial charge in [0, 0.05) is 24.4 Å². The monoisotopic (exact) mass is 386 g/mol. The number of nitrogens with zero attached hydrogens (tertiary/aromatic N) is 3. The van der Waals surface area contributed by atoms with Gasteiger partial charge >= 0.3 is 0 Å². The Balaban J connectivity index is 1.56. The molecule has 0 atom stereocenters. The number of hydrogen-bond donors (Lipinski definition) is 1. The number of piperidine rings is 1. The SMILES string of the molecule is CN(C)CC(=O)N1CCC2(CC1)OCCc1sc(-c3cccc(N)n3)cc12. The molecule has 6 nitrogen and oxygen atoms in total. The lowest BCUT2D eigenvalue weighted by atomic mass is 9.82. The van der Waals surface area contributed by atoms with Crippen LogP contribution in [-0.4, -0.2) is 61.0 Å². The highest BCUT2D eigenvalue weighted by Crippen LogP contribution is 2.46. The Labute approximate surface area is 163 Å². The molecule has 1 saturated heterocycles. The van der Waals surface area contributed by atoms with Crippen LogP contribution in [-0.2, 0) is 21.6 Å². The molecule has 1 amide bonds. The second-order valence-electron chi connectivity index (χ2n) is 7.61. The van der Waals surface area contributed by atoms with Crippen molar-refractivity contribution in [2.75, 3.05) is 46.1 Å². The first-order valence-electron chi connectivity index (χ1n) is 9.39. The lowest BCUT2D eigenvalue weighted by molar-refractivity contribution is -0.141. The molecule has 4 heterocycles. The van der Waals surface area contributed by atoms with E-state index < -0.39 is 0 Å². The Morgan fingerprint density at radius 3 is 2.85 bits per heavy atom. The van der Waals surface area contributed by atoms with Gasteiger partial charge in [-0.3, -0.25) is 4.79 Å². The van der Waals surface area contributed by atoms with Gasteiger partial charge in [0.05, 0.1) is 29.3 Å². The van der Waals surface area contributed by atoms with E-state index in [1.807, 2.05) is 42.1 Å². The number of rotatable bonds is 3. The zero-order valence-corrected chi connectivity index (χ0v) is 16.7. The predicted molar refractivity (Wildman–Crippen MR) is 108 cm³/mol. The van der Waals surface area contributed by atoms with Gasteiger partial charge in [0.1, 0.15) is 5.82 Å². The van der Waals surface area contributed by atoms with Crippen LogP contribution in [0.1, 0.15) is 23.3 Å². The third-order valence-electron chi connectivity index (χ3n) is 5.41. The van der Waals surface area contributed by atoms with Gasteiger partial charge in [-0.1, -0.05) is 6.07 Å². The highest BCUT2D eigenvalue weighted by atomic mass is 32.1. The lowest BCUT2D eigenvalue weighted by Crippen LogP contribution is -2.49. The first-order chi connectivity index (χ1) is 13.0. The van der Waals surface area contributed by atoms with Gasteiger partial charge in [0.25, 0.3) is 0 Å². The quantitative estimate of drug-likeness (QED) is 0.877. The van der Waals surface area contributed by atoms with Crippen LogP contribution in [0.4, 0.5) is 5.82 Å². The third kappa shape index (κ3) is 3.59. The molecule has 2 aliphatic heterocycles. The summed E-state index contributed by atoms with van der Waals surface area (Å²) in [7, 11) is 3.86. The molecule has 0 saturated carbocycles. The normalized spacial score (nSPS) is 18.7. The number of likely N-dealkylation sites (tertiary alicyclic amines) is 1. The van der Waals surface area contributed by atoms with Gasteiger partial charge < -0.3 is 20.3 Å². The van der Waals surface area contributed by atoms with Crippen molar-refractivity contribution in [3.05, 3.63) is 34.7 Å². The Morgan fingerprint density at radius 1 is 1.37 bits per heavy atom. The first-order valence-corrected chi connectivity index (χ1v) is 10.2. The number of thiophene rings is 1. The maximum atomic E-state index is 12.4. The largest absolute Gasteiger partial charge is 0.384 e. The van der Waals surface area contributed by atoms with Crippen LogP contribution in [0, 0.1) is 0 Å². The number of carbonyl (C=O) groups excluding carboxylic acids is 1. The molecule has 0 radical (unpaired) electrons. The maximum Gasteiger partial charge on any atom is 0.236 e. The molecule has 27 heavy (non-hydrogen) atoms. The molecular formula is C20H26N4O2S. The van der Waals surface area contributed by atoms with Crippen LogP contribution < -0.4 is 5.73 Å². The van der Waals surface area contributed by atoms with Gasteiger partial charge in [-0.05, 0) is 50.7 Å². The summed E-state index contributed by atoms with van der Waals surface area (Å²) in [6.45, 7) is 2.69. The van der Waals surface area contributed by atoms with Crippen molar-refractivity contribution in [2.45, 2.75) is 24.9 Å². The van der Waals surface area contributed by atoms with E-state index in [-0.39, 0.29) is 11.5 Å². The highest BCUT2D eigenvalue weighted by Gasteiger charge is 2.42. The molecule has 1 spiro atoms. The average Bonchev–Trinajstić information content (AvgIpc) is 3.08. The highest BCUT2D eigenvalue weighted by molar-refractivity contribution is 7.15. The fourth-order valence-corrected chi connectivity index (χ4v) is 5.23. The van der Waals surface area contributed by atoms with Crippen molar-refractivity contribution in [3.8, 4) is 10.6 Å². The van der Waals surface area contributed by atoms with E-state index in [0.717, 1.165) is 49.5 Å². The fourth-order valence-electron chi connectivity index (χ4n) is 4.03. The van der Waals surface area contributed by atoms with Crippen molar-refractivity contribution < 1.29 is 9.53 Å². The van der Waals surface area contributed by atoms with Crippen molar-refractivity contribution in [1.29, 1.82) is 0 Å². The molecule has 2 aliphatic rings. The van der Waals surface area contributed by atoms with Crippen LogP contribution in [0.15, 0.2) is 24.3 Å². The van der Waals surface area contributed by atoms with E-state index in [9.17, 15) is 4.79 Å². The van der Waals surface area contributed by atoms with E-state index in [1.54, 1.807) is 11.3 Å². The van der Waals surface area contributed by atoms with Crippen LogP contribution in [0.2, 0.25) is 0 Å². The van der Waals surface area contributed by atoms with Gasteiger partial charge in [0.2, 0.25) is 5.91 Å². The number of nitrogens with two attached hydrogens (primary N) is 1. The van der Waals surface area contributed by atoms with Crippen molar-refractivity contribution in [2.24, 2.45) is 0 Å². The number of carbonyl (C=O) groups is 1. The molecule has 0 aromatic carbocycles.